The van der Waals surface area contributed by atoms with Crippen LogP contribution in [0.25, 0.3) is 0 Å². The number of rotatable bonds is 3. The molecule has 0 aliphatic heterocycles. The Morgan fingerprint density at radius 2 is 1.88 bits per heavy atom. The molecule has 16 heavy (non-hydrogen) atoms. The summed E-state index contributed by atoms with van der Waals surface area (Å²) in [6.45, 7) is 0. The molecular formula is C12H10ClN3. The fraction of sp³-hybridized carbons (Fsp3) is 0. The molecule has 0 fully saturated rings. The number of anilines is 1. The highest BCUT2D eigenvalue weighted by Crippen LogP contribution is 2.12. The Kier molecular flexibility index (Phi) is 3.51. The minimum Gasteiger partial charge on any atom is -0.278 e. The summed E-state index contributed by atoms with van der Waals surface area (Å²) >= 11 is 5.98. The zero-order valence-corrected chi connectivity index (χ0v) is 9.22. The van der Waals surface area contributed by atoms with Gasteiger partial charge in [0.1, 0.15) is 0 Å². The van der Waals surface area contributed by atoms with Crippen LogP contribution in [0.15, 0.2) is 53.9 Å². The van der Waals surface area contributed by atoms with E-state index in [9.17, 15) is 0 Å². The van der Waals surface area contributed by atoms with Crippen LogP contribution in [-0.4, -0.2) is 11.2 Å². The number of hydrogen-bond donors (Lipinski definition) is 1. The normalized spacial score (nSPS) is 10.6. The Labute approximate surface area is 98.8 Å². The first-order chi connectivity index (χ1) is 7.86. The Balaban J connectivity index is 2.03. The summed E-state index contributed by atoms with van der Waals surface area (Å²) in [7, 11) is 0. The van der Waals surface area contributed by atoms with Gasteiger partial charge in [-0.2, -0.15) is 5.10 Å². The van der Waals surface area contributed by atoms with Crippen molar-refractivity contribution in [2.45, 2.75) is 0 Å². The van der Waals surface area contributed by atoms with E-state index < -0.39 is 0 Å². The fourth-order valence-corrected chi connectivity index (χ4v) is 1.37. The second-order valence-electron chi connectivity index (χ2n) is 3.13. The van der Waals surface area contributed by atoms with Crippen molar-refractivity contribution in [3.63, 3.8) is 0 Å². The maximum Gasteiger partial charge on any atom is 0.0592 e. The van der Waals surface area contributed by atoms with Crippen molar-refractivity contribution in [2.24, 2.45) is 5.10 Å². The van der Waals surface area contributed by atoms with E-state index in [1.807, 2.05) is 36.4 Å². The third-order valence-electron chi connectivity index (χ3n) is 1.98. The number of pyridine rings is 1. The summed E-state index contributed by atoms with van der Waals surface area (Å²) in [5, 5.41) is 4.77. The molecule has 1 aromatic carbocycles. The van der Waals surface area contributed by atoms with Gasteiger partial charge >= 0.3 is 0 Å². The standard InChI is InChI=1S/C12H10ClN3/c13-12-4-2-1-3-10(12)9-15-16-11-5-7-14-8-6-11/h1-9H,(H,14,16). The molecule has 0 bridgehead atoms. The maximum atomic E-state index is 5.98. The van der Waals surface area contributed by atoms with Gasteiger partial charge in [0.25, 0.3) is 0 Å². The van der Waals surface area contributed by atoms with Crippen LogP contribution < -0.4 is 5.43 Å². The quantitative estimate of drug-likeness (QED) is 0.651. The summed E-state index contributed by atoms with van der Waals surface area (Å²) < 4.78 is 0. The van der Waals surface area contributed by atoms with Crippen LogP contribution >= 0.6 is 11.6 Å². The van der Waals surface area contributed by atoms with Gasteiger partial charge in [0.05, 0.1) is 11.9 Å². The van der Waals surface area contributed by atoms with E-state index in [1.165, 1.54) is 0 Å². The summed E-state index contributed by atoms with van der Waals surface area (Å²) in [4.78, 5) is 3.91. The first kappa shape index (κ1) is 10.6. The second-order valence-corrected chi connectivity index (χ2v) is 3.53. The van der Waals surface area contributed by atoms with Crippen molar-refractivity contribution >= 4 is 23.5 Å². The number of hydrazone groups is 1. The first-order valence-electron chi connectivity index (χ1n) is 4.80. The second kappa shape index (κ2) is 5.28. The zero-order chi connectivity index (χ0) is 11.2. The summed E-state index contributed by atoms with van der Waals surface area (Å²) in [6, 6.07) is 11.2. The van der Waals surface area contributed by atoms with E-state index in [0.717, 1.165) is 11.3 Å². The Morgan fingerprint density at radius 3 is 2.62 bits per heavy atom. The monoisotopic (exact) mass is 231 g/mol. The molecule has 0 spiro atoms. The van der Waals surface area contributed by atoms with E-state index in [0.29, 0.717) is 5.02 Å². The highest BCUT2D eigenvalue weighted by atomic mass is 35.5. The van der Waals surface area contributed by atoms with Crippen molar-refractivity contribution in [3.05, 3.63) is 59.4 Å². The number of nitrogens with zero attached hydrogens (tertiary/aromatic N) is 2. The molecule has 0 unspecified atom stereocenters. The molecule has 80 valence electrons. The van der Waals surface area contributed by atoms with Crippen molar-refractivity contribution < 1.29 is 0 Å². The van der Waals surface area contributed by atoms with Crippen LogP contribution in [0.4, 0.5) is 5.69 Å². The molecule has 2 rings (SSSR count). The molecule has 3 nitrogen and oxygen atoms in total. The number of aromatic nitrogens is 1. The number of benzene rings is 1. The van der Waals surface area contributed by atoms with Gasteiger partial charge in [-0.15, -0.1) is 0 Å². The van der Waals surface area contributed by atoms with Crippen molar-refractivity contribution in [1.82, 2.24) is 4.98 Å². The molecule has 1 aromatic heterocycles. The molecule has 4 heteroatoms. The highest BCUT2D eigenvalue weighted by molar-refractivity contribution is 6.33. The van der Waals surface area contributed by atoms with E-state index >= 15 is 0 Å². The van der Waals surface area contributed by atoms with Gasteiger partial charge in [0, 0.05) is 23.0 Å². The van der Waals surface area contributed by atoms with Gasteiger partial charge in [-0.3, -0.25) is 10.4 Å². The van der Waals surface area contributed by atoms with Crippen LogP contribution in [0.3, 0.4) is 0 Å². The van der Waals surface area contributed by atoms with Crippen LogP contribution in [0, 0.1) is 0 Å². The van der Waals surface area contributed by atoms with Gasteiger partial charge in [-0.1, -0.05) is 29.8 Å². The lowest BCUT2D eigenvalue weighted by Gasteiger charge is -1.99. The van der Waals surface area contributed by atoms with Crippen LogP contribution in [0.5, 0.6) is 0 Å². The Hall–Kier alpha value is -1.87. The van der Waals surface area contributed by atoms with Crippen LogP contribution in [0.2, 0.25) is 5.02 Å². The van der Waals surface area contributed by atoms with E-state index in [-0.39, 0.29) is 0 Å². The van der Waals surface area contributed by atoms with E-state index in [1.54, 1.807) is 18.6 Å². The van der Waals surface area contributed by atoms with Crippen LogP contribution in [0.1, 0.15) is 5.56 Å². The molecule has 0 amide bonds. The molecule has 0 radical (unpaired) electrons. The smallest absolute Gasteiger partial charge is 0.0592 e. The van der Waals surface area contributed by atoms with Gasteiger partial charge in [0.15, 0.2) is 0 Å². The molecular weight excluding hydrogens is 222 g/mol. The van der Waals surface area contributed by atoms with Gasteiger partial charge in [-0.25, -0.2) is 0 Å². The highest BCUT2D eigenvalue weighted by Gasteiger charge is 1.93. The summed E-state index contributed by atoms with van der Waals surface area (Å²) in [6.07, 6.45) is 5.09. The molecule has 0 aliphatic rings. The minimum atomic E-state index is 0.683. The molecule has 0 atom stereocenters. The first-order valence-corrected chi connectivity index (χ1v) is 5.18. The van der Waals surface area contributed by atoms with Gasteiger partial charge < -0.3 is 0 Å². The lowest BCUT2D eigenvalue weighted by Crippen LogP contribution is -1.90. The maximum absolute atomic E-state index is 5.98. The molecule has 0 saturated heterocycles. The van der Waals surface area contributed by atoms with Gasteiger partial charge in [-0.05, 0) is 18.2 Å². The Bertz CT molecular complexity index is 483. The predicted octanol–water partition coefficient (Wildman–Crippen LogP) is 3.18. The Morgan fingerprint density at radius 1 is 1.12 bits per heavy atom. The number of hydrogen-bond acceptors (Lipinski definition) is 3. The van der Waals surface area contributed by atoms with Crippen LogP contribution in [-0.2, 0) is 0 Å². The lowest BCUT2D eigenvalue weighted by molar-refractivity contribution is 1.28. The third kappa shape index (κ3) is 2.81. The largest absolute Gasteiger partial charge is 0.278 e. The van der Waals surface area contributed by atoms with Crippen molar-refractivity contribution in [3.8, 4) is 0 Å². The minimum absolute atomic E-state index is 0.683. The molecule has 1 N–H and O–H groups in total. The molecule has 2 aromatic rings. The van der Waals surface area contributed by atoms with E-state index in [4.69, 9.17) is 11.6 Å². The fourth-order valence-electron chi connectivity index (χ4n) is 1.18. The SMILES string of the molecule is Clc1ccccc1C=NNc1ccncc1. The third-order valence-corrected chi connectivity index (χ3v) is 2.33. The molecule has 0 saturated carbocycles. The zero-order valence-electron chi connectivity index (χ0n) is 8.47. The average molecular weight is 232 g/mol. The molecule has 0 aliphatic carbocycles. The van der Waals surface area contributed by atoms with E-state index in [2.05, 4.69) is 15.5 Å². The average Bonchev–Trinajstić information content (AvgIpc) is 2.33. The van der Waals surface area contributed by atoms with Crippen molar-refractivity contribution in [1.29, 1.82) is 0 Å². The van der Waals surface area contributed by atoms with Crippen molar-refractivity contribution in [2.75, 3.05) is 5.43 Å². The number of halogens is 1. The molecule has 1 heterocycles. The van der Waals surface area contributed by atoms with Gasteiger partial charge in [0.2, 0.25) is 0 Å². The lowest BCUT2D eigenvalue weighted by atomic mass is 10.2. The summed E-state index contributed by atoms with van der Waals surface area (Å²) in [5.74, 6) is 0. The predicted molar refractivity (Wildman–Crippen MR) is 66.9 cm³/mol. The summed E-state index contributed by atoms with van der Waals surface area (Å²) in [5.41, 5.74) is 4.66. The topological polar surface area (TPSA) is 37.3 Å². The number of nitrogens with one attached hydrogen (secondary N) is 1.